The fourth-order valence-electron chi connectivity index (χ4n) is 4.96. The van der Waals surface area contributed by atoms with E-state index in [2.05, 4.69) is 21.0 Å². The van der Waals surface area contributed by atoms with Crippen LogP contribution >= 0.6 is 11.6 Å². The van der Waals surface area contributed by atoms with Crippen molar-refractivity contribution in [2.75, 3.05) is 0 Å². The quantitative estimate of drug-likeness (QED) is 0.257. The molecule has 0 amide bonds. The number of para-hydroxylation sites is 1. The number of nitriles is 1. The normalized spacial score (nSPS) is 17.8. The lowest BCUT2D eigenvalue weighted by atomic mass is 9.82. The number of hydrogen-bond acceptors (Lipinski definition) is 5. The van der Waals surface area contributed by atoms with Crippen molar-refractivity contribution in [3.8, 4) is 17.6 Å². The van der Waals surface area contributed by atoms with Crippen LogP contribution in [0.25, 0.3) is 22.1 Å². The number of carbonyl (C=O) groups is 1. The Labute approximate surface area is 212 Å². The predicted octanol–water partition coefficient (Wildman–Crippen LogP) is 6.91. The molecule has 2 aromatic carbocycles. The van der Waals surface area contributed by atoms with Gasteiger partial charge in [0.05, 0.1) is 33.8 Å². The second kappa shape index (κ2) is 9.14. The Morgan fingerprint density at radius 1 is 1.06 bits per heavy atom. The molecule has 1 aliphatic carbocycles. The van der Waals surface area contributed by atoms with Gasteiger partial charge in [0.2, 0.25) is 0 Å². The fraction of sp³-hybridized carbons (Fsp3) is 0.214. The summed E-state index contributed by atoms with van der Waals surface area (Å²) in [5.74, 6) is 2.31. The number of imidazole rings is 1. The van der Waals surface area contributed by atoms with Crippen molar-refractivity contribution in [1.29, 1.82) is 5.26 Å². The van der Waals surface area contributed by atoms with Crippen molar-refractivity contribution in [2.24, 2.45) is 5.92 Å². The number of hydrogen-bond donors (Lipinski definition) is 2. The number of ether oxygens (including phenoxy) is 1. The van der Waals surface area contributed by atoms with Crippen molar-refractivity contribution in [3.63, 3.8) is 0 Å². The molecule has 5 aromatic rings. The number of rotatable bonds is 5. The van der Waals surface area contributed by atoms with Crippen molar-refractivity contribution >= 4 is 39.5 Å². The fourth-order valence-corrected chi connectivity index (χ4v) is 5.22. The van der Waals surface area contributed by atoms with E-state index < -0.39 is 0 Å². The molecule has 0 aliphatic heterocycles. The van der Waals surface area contributed by atoms with Crippen molar-refractivity contribution in [2.45, 2.75) is 31.6 Å². The van der Waals surface area contributed by atoms with E-state index in [9.17, 15) is 10.1 Å². The van der Waals surface area contributed by atoms with Gasteiger partial charge in [-0.2, -0.15) is 5.26 Å². The molecular weight excluding hydrogens is 474 g/mol. The molecule has 7 nitrogen and oxygen atoms in total. The summed E-state index contributed by atoms with van der Waals surface area (Å²) in [5.41, 5.74) is 2.96. The van der Waals surface area contributed by atoms with Gasteiger partial charge in [0.1, 0.15) is 28.5 Å². The van der Waals surface area contributed by atoms with Crippen LogP contribution in [0.1, 0.15) is 53.3 Å². The smallest absolute Gasteiger partial charge is 0.196 e. The number of pyridine rings is 1. The highest BCUT2D eigenvalue weighted by atomic mass is 35.5. The molecule has 178 valence electrons. The lowest BCUT2D eigenvalue weighted by molar-refractivity contribution is 0.104. The lowest BCUT2D eigenvalue weighted by Gasteiger charge is -2.22. The molecule has 0 atom stereocenters. The van der Waals surface area contributed by atoms with E-state index in [1.165, 1.54) is 0 Å². The molecule has 0 radical (unpaired) electrons. The minimum atomic E-state index is -0.211. The van der Waals surface area contributed by atoms with Crippen LogP contribution in [0.5, 0.6) is 11.5 Å². The van der Waals surface area contributed by atoms with E-state index in [0.29, 0.717) is 44.2 Å². The molecule has 1 aliphatic rings. The zero-order valence-electron chi connectivity index (χ0n) is 19.3. The van der Waals surface area contributed by atoms with Gasteiger partial charge >= 0.3 is 0 Å². The zero-order chi connectivity index (χ0) is 24.6. The van der Waals surface area contributed by atoms with Crippen LogP contribution in [-0.4, -0.2) is 25.7 Å². The van der Waals surface area contributed by atoms with Crippen LogP contribution in [0.4, 0.5) is 0 Å². The van der Waals surface area contributed by atoms with Crippen LogP contribution in [0, 0.1) is 17.2 Å². The van der Waals surface area contributed by atoms with Crippen LogP contribution in [0.2, 0.25) is 5.02 Å². The summed E-state index contributed by atoms with van der Waals surface area (Å²) in [6.45, 7) is 0. The molecule has 0 unspecified atom stereocenters. The van der Waals surface area contributed by atoms with Crippen molar-refractivity contribution in [1.82, 2.24) is 19.9 Å². The summed E-state index contributed by atoms with van der Waals surface area (Å²) >= 11 is 6.54. The molecule has 0 saturated heterocycles. The monoisotopic (exact) mass is 495 g/mol. The van der Waals surface area contributed by atoms with E-state index >= 15 is 0 Å². The van der Waals surface area contributed by atoms with Crippen molar-refractivity contribution < 1.29 is 9.53 Å². The molecule has 3 aromatic heterocycles. The summed E-state index contributed by atoms with van der Waals surface area (Å²) in [6, 6.07) is 16.8. The average Bonchev–Trinajstić information content (AvgIpc) is 3.53. The maximum absolute atomic E-state index is 13.6. The molecule has 3 heterocycles. The predicted molar refractivity (Wildman–Crippen MR) is 137 cm³/mol. The molecule has 0 spiro atoms. The van der Waals surface area contributed by atoms with Gasteiger partial charge in [-0.15, -0.1) is 0 Å². The zero-order valence-corrected chi connectivity index (χ0v) is 20.0. The van der Waals surface area contributed by atoms with Crippen LogP contribution in [-0.2, 0) is 0 Å². The highest BCUT2D eigenvalue weighted by Crippen LogP contribution is 2.37. The Morgan fingerprint density at radius 2 is 1.86 bits per heavy atom. The molecule has 2 N–H and O–H groups in total. The third-order valence-electron chi connectivity index (χ3n) is 6.88. The first-order valence-corrected chi connectivity index (χ1v) is 12.3. The number of nitrogens with one attached hydrogen (secondary N) is 2. The van der Waals surface area contributed by atoms with Gasteiger partial charge in [0.15, 0.2) is 5.78 Å². The Balaban J connectivity index is 1.33. The number of H-pyrrole nitrogens is 2. The van der Waals surface area contributed by atoms with Gasteiger partial charge in [0, 0.05) is 29.7 Å². The highest BCUT2D eigenvalue weighted by molar-refractivity contribution is 6.36. The number of fused-ring (bicyclic) bond motifs is 3. The van der Waals surface area contributed by atoms with Gasteiger partial charge in [-0.05, 0) is 49.9 Å². The molecule has 36 heavy (non-hydrogen) atoms. The van der Waals surface area contributed by atoms with Gasteiger partial charge in [-0.1, -0.05) is 29.8 Å². The summed E-state index contributed by atoms with van der Waals surface area (Å²) < 4.78 is 5.84. The van der Waals surface area contributed by atoms with E-state index in [1.54, 1.807) is 30.6 Å². The minimum absolute atomic E-state index is 0.127. The maximum Gasteiger partial charge on any atom is 0.196 e. The first-order valence-electron chi connectivity index (χ1n) is 11.9. The number of aromatic amines is 2. The van der Waals surface area contributed by atoms with Gasteiger partial charge in [0.25, 0.3) is 0 Å². The molecule has 6 rings (SSSR count). The van der Waals surface area contributed by atoms with Crippen LogP contribution in [0.15, 0.2) is 60.9 Å². The number of halogens is 1. The topological polar surface area (TPSA) is 107 Å². The SMILES string of the molecule is N#C[C@H]1CC[C@H](c2nc3cnc4[nH]cc(C(=O)c5ccc(Oc6ccccc6)cc5Cl)c4c3[nH]2)CC1. The van der Waals surface area contributed by atoms with E-state index in [4.69, 9.17) is 21.3 Å². The maximum atomic E-state index is 13.6. The average molecular weight is 496 g/mol. The van der Waals surface area contributed by atoms with E-state index in [-0.39, 0.29) is 17.6 Å². The third kappa shape index (κ3) is 4.00. The largest absolute Gasteiger partial charge is 0.457 e. The number of carbonyl (C=O) groups excluding carboxylic acids is 1. The molecule has 1 fully saturated rings. The summed E-state index contributed by atoms with van der Waals surface area (Å²) in [4.78, 5) is 29.5. The Hall–Kier alpha value is -4.15. The number of nitrogens with zero attached hydrogens (tertiary/aromatic N) is 3. The van der Waals surface area contributed by atoms with Crippen molar-refractivity contribution in [3.05, 3.63) is 82.9 Å². The van der Waals surface area contributed by atoms with Crippen LogP contribution in [0.3, 0.4) is 0 Å². The molecule has 0 bridgehead atoms. The van der Waals surface area contributed by atoms with Gasteiger partial charge in [-0.25, -0.2) is 9.97 Å². The Bertz CT molecular complexity index is 1620. The van der Waals surface area contributed by atoms with Gasteiger partial charge < -0.3 is 14.7 Å². The third-order valence-corrected chi connectivity index (χ3v) is 7.19. The second-order valence-corrected chi connectivity index (χ2v) is 9.54. The minimum Gasteiger partial charge on any atom is -0.457 e. The second-order valence-electron chi connectivity index (χ2n) is 9.13. The van der Waals surface area contributed by atoms with E-state index in [0.717, 1.165) is 37.0 Å². The summed E-state index contributed by atoms with van der Waals surface area (Å²) in [7, 11) is 0. The summed E-state index contributed by atoms with van der Waals surface area (Å²) in [5, 5.41) is 10.2. The highest BCUT2D eigenvalue weighted by Gasteiger charge is 2.26. The Morgan fingerprint density at radius 3 is 2.61 bits per heavy atom. The molecule has 8 heteroatoms. The number of benzene rings is 2. The molecular formula is C28H22ClN5O2. The standard InChI is InChI=1S/C28H22ClN5O2/c29-22-12-19(36-18-4-2-1-3-5-18)10-11-20(22)26(35)21-14-31-28-24(21)25-23(15-32-28)33-27(34-25)17-8-6-16(13-30)7-9-17/h1-5,10-12,14-17H,6-9H2,(H,31,32)(H,33,34)/t16-,17-. The first kappa shape index (κ1) is 22.3. The van der Waals surface area contributed by atoms with E-state index in [1.807, 2.05) is 30.3 Å². The van der Waals surface area contributed by atoms with Gasteiger partial charge in [-0.3, -0.25) is 4.79 Å². The summed E-state index contributed by atoms with van der Waals surface area (Å²) in [6.07, 6.45) is 6.97. The number of ketones is 1. The lowest BCUT2D eigenvalue weighted by Crippen LogP contribution is -2.12. The molecule has 1 saturated carbocycles. The number of aromatic nitrogens is 4. The Kier molecular flexibility index (Phi) is 5.67. The van der Waals surface area contributed by atoms with Crippen LogP contribution < -0.4 is 4.74 Å². The first-order chi connectivity index (χ1) is 17.6.